The second kappa shape index (κ2) is 7.21. The molecule has 0 amide bonds. The van der Waals surface area contributed by atoms with Crippen LogP contribution in [0.5, 0.6) is 0 Å². The van der Waals surface area contributed by atoms with Crippen molar-refractivity contribution in [3.63, 3.8) is 0 Å². The molecule has 0 rings (SSSR count). The summed E-state index contributed by atoms with van der Waals surface area (Å²) in [6, 6.07) is 0. The van der Waals surface area contributed by atoms with Crippen molar-refractivity contribution in [2.75, 3.05) is 13.1 Å². The maximum absolute atomic E-state index is 9.93. The Kier molecular flexibility index (Phi) is 7.15. The highest BCUT2D eigenvalue weighted by Crippen LogP contribution is 2.12. The van der Waals surface area contributed by atoms with Crippen molar-refractivity contribution in [2.24, 2.45) is 0 Å². The smallest absolute Gasteiger partial charge is 0.0766 e. The molecule has 0 bridgehead atoms. The molecule has 1 atom stereocenters. The molecule has 0 aromatic heterocycles. The molecule has 14 heavy (non-hydrogen) atoms. The van der Waals surface area contributed by atoms with Crippen LogP contribution in [0.1, 0.15) is 46.5 Å². The first-order chi connectivity index (χ1) is 6.58. The van der Waals surface area contributed by atoms with Gasteiger partial charge in [0.15, 0.2) is 0 Å². The van der Waals surface area contributed by atoms with Crippen molar-refractivity contribution in [2.45, 2.75) is 58.2 Å². The van der Waals surface area contributed by atoms with E-state index in [9.17, 15) is 10.2 Å². The molecule has 0 aliphatic rings. The molecule has 0 spiro atoms. The number of hydrogen-bond acceptors (Lipinski definition) is 3. The van der Waals surface area contributed by atoms with E-state index < -0.39 is 5.60 Å². The minimum absolute atomic E-state index is 0.209. The molecule has 0 fully saturated rings. The van der Waals surface area contributed by atoms with Gasteiger partial charge in [-0.15, -0.1) is 0 Å². The van der Waals surface area contributed by atoms with Gasteiger partial charge in [-0.05, 0) is 32.2 Å². The summed E-state index contributed by atoms with van der Waals surface area (Å²) >= 11 is 0. The fraction of sp³-hybridized carbons (Fsp3) is 1.00. The van der Waals surface area contributed by atoms with E-state index in [4.69, 9.17) is 0 Å². The summed E-state index contributed by atoms with van der Waals surface area (Å²) in [5, 5.41) is 22.4. The van der Waals surface area contributed by atoms with Crippen LogP contribution in [-0.4, -0.2) is 35.0 Å². The Morgan fingerprint density at radius 2 is 1.79 bits per heavy atom. The Morgan fingerprint density at radius 3 is 2.21 bits per heavy atom. The van der Waals surface area contributed by atoms with E-state index >= 15 is 0 Å². The molecular formula is C11H25NO2. The molecule has 0 aromatic rings. The minimum Gasteiger partial charge on any atom is -0.393 e. The predicted molar refractivity (Wildman–Crippen MR) is 59.3 cm³/mol. The van der Waals surface area contributed by atoms with Crippen molar-refractivity contribution >= 4 is 0 Å². The van der Waals surface area contributed by atoms with E-state index in [0.29, 0.717) is 6.54 Å². The Morgan fingerprint density at radius 1 is 1.21 bits per heavy atom. The first-order valence-corrected chi connectivity index (χ1v) is 5.69. The molecule has 1 unspecified atom stereocenters. The summed E-state index contributed by atoms with van der Waals surface area (Å²) in [6.45, 7) is 7.35. The molecular weight excluding hydrogens is 178 g/mol. The molecule has 3 nitrogen and oxygen atoms in total. The van der Waals surface area contributed by atoms with Gasteiger partial charge in [0.25, 0.3) is 0 Å². The highest BCUT2D eigenvalue weighted by atomic mass is 16.3. The maximum Gasteiger partial charge on any atom is 0.0766 e. The average Bonchev–Trinajstić information content (AvgIpc) is 2.23. The Labute approximate surface area is 87.5 Å². The second-order valence-electron chi connectivity index (χ2n) is 3.96. The Balaban J connectivity index is 3.52. The summed E-state index contributed by atoms with van der Waals surface area (Å²) in [5.41, 5.74) is -0.572. The van der Waals surface area contributed by atoms with Crippen molar-refractivity contribution in [3.8, 4) is 0 Å². The Bertz CT molecular complexity index is 135. The second-order valence-corrected chi connectivity index (χ2v) is 3.96. The summed E-state index contributed by atoms with van der Waals surface area (Å²) in [5.74, 6) is 0. The third kappa shape index (κ3) is 5.58. The van der Waals surface area contributed by atoms with Crippen molar-refractivity contribution in [3.05, 3.63) is 0 Å². The van der Waals surface area contributed by atoms with Crippen LogP contribution in [0.25, 0.3) is 0 Å². The maximum atomic E-state index is 9.93. The van der Waals surface area contributed by atoms with E-state index in [0.717, 1.165) is 32.2 Å². The van der Waals surface area contributed by atoms with Gasteiger partial charge in [0.05, 0.1) is 11.7 Å². The lowest BCUT2D eigenvalue weighted by Crippen LogP contribution is -2.40. The molecule has 0 radical (unpaired) electrons. The van der Waals surface area contributed by atoms with Crippen LogP contribution >= 0.6 is 0 Å². The van der Waals surface area contributed by atoms with Crippen LogP contribution in [-0.2, 0) is 0 Å². The van der Waals surface area contributed by atoms with E-state index in [1.165, 1.54) is 0 Å². The van der Waals surface area contributed by atoms with Crippen LogP contribution in [0.3, 0.4) is 0 Å². The fourth-order valence-electron chi connectivity index (χ4n) is 1.29. The van der Waals surface area contributed by atoms with Crippen molar-refractivity contribution in [1.29, 1.82) is 0 Å². The van der Waals surface area contributed by atoms with Gasteiger partial charge in [0.2, 0.25) is 0 Å². The topological polar surface area (TPSA) is 52.5 Å². The lowest BCUT2D eigenvalue weighted by molar-refractivity contribution is 0.0316. The van der Waals surface area contributed by atoms with Gasteiger partial charge in [-0.3, -0.25) is 0 Å². The molecule has 0 heterocycles. The van der Waals surface area contributed by atoms with Crippen molar-refractivity contribution < 1.29 is 10.2 Å². The fourth-order valence-corrected chi connectivity index (χ4v) is 1.29. The first-order valence-electron chi connectivity index (χ1n) is 5.69. The van der Waals surface area contributed by atoms with Gasteiger partial charge >= 0.3 is 0 Å². The zero-order valence-electron chi connectivity index (χ0n) is 9.71. The van der Waals surface area contributed by atoms with Crippen LogP contribution in [0, 0.1) is 0 Å². The molecule has 0 aromatic carbocycles. The number of nitrogens with one attached hydrogen (secondary N) is 1. The van der Waals surface area contributed by atoms with Crippen LogP contribution in [0.15, 0.2) is 0 Å². The summed E-state index contributed by atoms with van der Waals surface area (Å²) in [6.07, 6.45) is 2.89. The van der Waals surface area contributed by atoms with E-state index in [-0.39, 0.29) is 6.10 Å². The third-order valence-electron chi connectivity index (χ3n) is 2.90. The van der Waals surface area contributed by atoms with E-state index in [1.54, 1.807) is 0 Å². The highest BCUT2D eigenvalue weighted by molar-refractivity contribution is 4.77. The van der Waals surface area contributed by atoms with Crippen LogP contribution in [0.2, 0.25) is 0 Å². The van der Waals surface area contributed by atoms with Crippen molar-refractivity contribution in [1.82, 2.24) is 5.32 Å². The summed E-state index contributed by atoms with van der Waals surface area (Å²) < 4.78 is 0. The number of aliphatic hydroxyl groups is 2. The van der Waals surface area contributed by atoms with Gasteiger partial charge in [0.1, 0.15) is 0 Å². The zero-order valence-corrected chi connectivity index (χ0v) is 9.71. The number of rotatable bonds is 8. The molecule has 0 saturated heterocycles. The third-order valence-corrected chi connectivity index (χ3v) is 2.90. The van der Waals surface area contributed by atoms with Crippen LogP contribution < -0.4 is 5.32 Å². The molecule has 3 heteroatoms. The average molecular weight is 203 g/mol. The van der Waals surface area contributed by atoms with E-state index in [2.05, 4.69) is 5.32 Å². The Hall–Kier alpha value is -0.120. The largest absolute Gasteiger partial charge is 0.393 e. The monoisotopic (exact) mass is 203 g/mol. The van der Waals surface area contributed by atoms with Crippen LogP contribution in [0.4, 0.5) is 0 Å². The summed E-state index contributed by atoms with van der Waals surface area (Å²) in [7, 11) is 0. The zero-order chi connectivity index (χ0) is 11.0. The normalized spacial score (nSPS) is 14.4. The van der Waals surface area contributed by atoms with Gasteiger partial charge < -0.3 is 15.5 Å². The lowest BCUT2D eigenvalue weighted by atomic mass is 9.97. The first kappa shape index (κ1) is 13.9. The summed E-state index contributed by atoms with van der Waals surface area (Å²) in [4.78, 5) is 0. The van der Waals surface area contributed by atoms with Gasteiger partial charge in [-0.1, -0.05) is 20.8 Å². The van der Waals surface area contributed by atoms with E-state index in [1.807, 2.05) is 20.8 Å². The number of hydrogen-bond donors (Lipinski definition) is 3. The molecule has 0 aliphatic carbocycles. The standard InChI is InChI=1S/C11H25NO2/c1-4-10(13)7-8-12-9-11(14,5-2)6-3/h10,12-14H,4-9H2,1-3H3. The van der Waals surface area contributed by atoms with Gasteiger partial charge in [0, 0.05) is 6.54 Å². The molecule has 86 valence electrons. The quantitative estimate of drug-likeness (QED) is 0.521. The highest BCUT2D eigenvalue weighted by Gasteiger charge is 2.20. The lowest BCUT2D eigenvalue weighted by Gasteiger charge is -2.25. The number of aliphatic hydroxyl groups excluding tert-OH is 1. The molecule has 0 saturated carbocycles. The van der Waals surface area contributed by atoms with Gasteiger partial charge in [-0.2, -0.15) is 0 Å². The predicted octanol–water partition coefficient (Wildman–Crippen LogP) is 1.29. The van der Waals surface area contributed by atoms with Gasteiger partial charge in [-0.25, -0.2) is 0 Å². The molecule has 3 N–H and O–H groups in total. The molecule has 0 aliphatic heterocycles. The minimum atomic E-state index is -0.572. The SMILES string of the molecule is CCC(O)CCNCC(O)(CC)CC.